The van der Waals surface area contributed by atoms with E-state index in [1.807, 2.05) is 0 Å². The lowest BCUT2D eigenvalue weighted by atomic mass is 9.97. The molecule has 0 amide bonds. The Labute approximate surface area is 204 Å². The minimum absolute atomic E-state index is 1.19. The zero-order valence-corrected chi connectivity index (χ0v) is 19.2. The second-order valence-corrected chi connectivity index (χ2v) is 9.03. The van der Waals surface area contributed by atoms with Gasteiger partial charge in [-0.15, -0.1) is 0 Å². The normalized spacial score (nSPS) is 11.4. The van der Waals surface area contributed by atoms with Gasteiger partial charge in [0.2, 0.25) is 0 Å². The van der Waals surface area contributed by atoms with Crippen LogP contribution in [0.3, 0.4) is 0 Å². The van der Waals surface area contributed by atoms with Gasteiger partial charge in [-0.1, -0.05) is 109 Å². The number of hydrogen-bond acceptors (Lipinski definition) is 0. The quantitative estimate of drug-likeness (QED) is 0.255. The summed E-state index contributed by atoms with van der Waals surface area (Å²) >= 11 is 0. The van der Waals surface area contributed by atoms with Crippen LogP contribution in [0.25, 0.3) is 60.5 Å². The van der Waals surface area contributed by atoms with Crippen LogP contribution in [0.15, 0.2) is 140 Å². The second-order valence-electron chi connectivity index (χ2n) is 9.03. The smallest absolute Gasteiger partial charge is 0.0547 e. The van der Waals surface area contributed by atoms with E-state index >= 15 is 0 Å². The van der Waals surface area contributed by atoms with Crippen LogP contribution in [0.5, 0.6) is 0 Å². The monoisotopic (exact) mass is 445 g/mol. The maximum absolute atomic E-state index is 2.38. The van der Waals surface area contributed by atoms with Crippen molar-refractivity contribution in [2.24, 2.45) is 0 Å². The summed E-state index contributed by atoms with van der Waals surface area (Å²) in [7, 11) is 0. The standard InChI is InChI=1S/C34H23N/c1-3-9-24(10-4-1)25-15-17-26(18-16-25)27-19-21-30-28(23-27)20-22-33-34(30)31-13-7-8-14-32(31)35(33)29-11-5-2-6-12-29/h1-23H. The van der Waals surface area contributed by atoms with Gasteiger partial charge in [0.1, 0.15) is 0 Å². The van der Waals surface area contributed by atoms with E-state index in [1.54, 1.807) is 0 Å². The fourth-order valence-electron chi connectivity index (χ4n) is 5.32. The van der Waals surface area contributed by atoms with Crippen molar-refractivity contribution in [1.29, 1.82) is 0 Å². The molecule has 6 aromatic carbocycles. The lowest BCUT2D eigenvalue weighted by Gasteiger charge is -2.09. The van der Waals surface area contributed by atoms with Crippen LogP contribution in [0.4, 0.5) is 0 Å². The van der Waals surface area contributed by atoms with Gasteiger partial charge < -0.3 is 4.57 Å². The highest BCUT2D eigenvalue weighted by atomic mass is 15.0. The Bertz CT molecular complexity index is 1810. The van der Waals surface area contributed by atoms with Crippen LogP contribution in [-0.4, -0.2) is 4.57 Å². The fraction of sp³-hybridized carbons (Fsp3) is 0. The highest BCUT2D eigenvalue weighted by molar-refractivity contribution is 6.21. The molecule has 1 heterocycles. The number of aromatic nitrogens is 1. The number of benzene rings is 6. The number of nitrogens with zero attached hydrogens (tertiary/aromatic N) is 1. The summed E-state index contributed by atoms with van der Waals surface area (Å²) < 4.78 is 2.38. The van der Waals surface area contributed by atoms with Crippen LogP contribution in [0.1, 0.15) is 0 Å². The van der Waals surface area contributed by atoms with E-state index in [9.17, 15) is 0 Å². The molecular formula is C34H23N. The van der Waals surface area contributed by atoms with Crippen LogP contribution >= 0.6 is 0 Å². The molecule has 0 atom stereocenters. The van der Waals surface area contributed by atoms with Crippen molar-refractivity contribution in [2.45, 2.75) is 0 Å². The van der Waals surface area contributed by atoms with Crippen molar-refractivity contribution in [3.8, 4) is 27.9 Å². The van der Waals surface area contributed by atoms with Gasteiger partial charge >= 0.3 is 0 Å². The number of rotatable bonds is 3. The maximum atomic E-state index is 2.38. The molecule has 0 aliphatic carbocycles. The molecular weight excluding hydrogens is 422 g/mol. The highest BCUT2D eigenvalue weighted by Crippen LogP contribution is 2.38. The fourth-order valence-corrected chi connectivity index (χ4v) is 5.32. The van der Waals surface area contributed by atoms with Crippen molar-refractivity contribution < 1.29 is 0 Å². The van der Waals surface area contributed by atoms with E-state index in [1.165, 1.54) is 60.5 Å². The molecule has 7 aromatic rings. The van der Waals surface area contributed by atoms with Crippen molar-refractivity contribution in [2.75, 3.05) is 0 Å². The van der Waals surface area contributed by atoms with Crippen molar-refractivity contribution in [3.05, 3.63) is 140 Å². The molecule has 7 rings (SSSR count). The minimum Gasteiger partial charge on any atom is -0.309 e. The average molecular weight is 446 g/mol. The third kappa shape index (κ3) is 3.25. The highest BCUT2D eigenvalue weighted by Gasteiger charge is 2.14. The second kappa shape index (κ2) is 8.00. The molecule has 0 unspecified atom stereocenters. The van der Waals surface area contributed by atoms with Crippen LogP contribution < -0.4 is 0 Å². The topological polar surface area (TPSA) is 4.93 Å². The maximum Gasteiger partial charge on any atom is 0.0547 e. The van der Waals surface area contributed by atoms with Gasteiger partial charge in [-0.3, -0.25) is 0 Å². The van der Waals surface area contributed by atoms with E-state index in [2.05, 4.69) is 144 Å². The Hall–Kier alpha value is -4.62. The van der Waals surface area contributed by atoms with Gasteiger partial charge in [0.25, 0.3) is 0 Å². The molecule has 1 heteroatoms. The summed E-state index contributed by atoms with van der Waals surface area (Å²) in [6.07, 6.45) is 0. The van der Waals surface area contributed by atoms with E-state index in [0.717, 1.165) is 0 Å². The summed E-state index contributed by atoms with van der Waals surface area (Å²) in [5.41, 5.74) is 8.63. The van der Waals surface area contributed by atoms with Gasteiger partial charge in [-0.2, -0.15) is 0 Å². The molecule has 0 saturated heterocycles. The summed E-state index contributed by atoms with van der Waals surface area (Å²) in [6.45, 7) is 0. The summed E-state index contributed by atoms with van der Waals surface area (Å²) in [5.74, 6) is 0. The minimum atomic E-state index is 1.19. The Balaban J connectivity index is 1.39. The number of hydrogen-bond donors (Lipinski definition) is 0. The predicted molar refractivity (Wildman–Crippen MR) is 149 cm³/mol. The first kappa shape index (κ1) is 19.8. The molecule has 0 saturated carbocycles. The van der Waals surface area contributed by atoms with Crippen molar-refractivity contribution >= 4 is 32.6 Å². The van der Waals surface area contributed by atoms with Crippen molar-refractivity contribution in [1.82, 2.24) is 4.57 Å². The average Bonchev–Trinajstić information content (AvgIpc) is 3.28. The van der Waals surface area contributed by atoms with E-state index < -0.39 is 0 Å². The Kier molecular flexibility index (Phi) is 4.53. The molecule has 164 valence electrons. The zero-order valence-electron chi connectivity index (χ0n) is 19.2. The summed E-state index contributed by atoms with van der Waals surface area (Å²) in [4.78, 5) is 0. The SMILES string of the molecule is c1ccc(-c2ccc(-c3ccc4c(ccc5c4c4ccccc4n5-c4ccccc4)c3)cc2)cc1. The third-order valence-electron chi connectivity index (χ3n) is 6.99. The molecule has 0 bridgehead atoms. The molecule has 35 heavy (non-hydrogen) atoms. The molecule has 0 N–H and O–H groups in total. The summed E-state index contributed by atoms with van der Waals surface area (Å²) in [6, 6.07) is 50.2. The predicted octanol–water partition coefficient (Wildman–Crippen LogP) is 9.27. The first-order valence-corrected chi connectivity index (χ1v) is 12.0. The largest absolute Gasteiger partial charge is 0.309 e. The third-order valence-corrected chi connectivity index (χ3v) is 6.99. The van der Waals surface area contributed by atoms with Gasteiger partial charge in [-0.25, -0.2) is 0 Å². The Morgan fingerprint density at radius 2 is 0.971 bits per heavy atom. The van der Waals surface area contributed by atoms with Crippen LogP contribution in [-0.2, 0) is 0 Å². The molecule has 0 spiro atoms. The molecule has 1 aromatic heterocycles. The lowest BCUT2D eigenvalue weighted by Crippen LogP contribution is -1.92. The molecule has 1 nitrogen and oxygen atoms in total. The van der Waals surface area contributed by atoms with Crippen LogP contribution in [0, 0.1) is 0 Å². The zero-order chi connectivity index (χ0) is 23.2. The lowest BCUT2D eigenvalue weighted by molar-refractivity contribution is 1.18. The van der Waals surface area contributed by atoms with Gasteiger partial charge in [-0.05, 0) is 63.4 Å². The van der Waals surface area contributed by atoms with E-state index in [0.29, 0.717) is 0 Å². The first-order valence-electron chi connectivity index (χ1n) is 12.0. The Morgan fingerprint density at radius 3 is 1.74 bits per heavy atom. The number of fused-ring (bicyclic) bond motifs is 5. The first-order chi connectivity index (χ1) is 17.4. The molecule has 0 radical (unpaired) electrons. The van der Waals surface area contributed by atoms with E-state index in [-0.39, 0.29) is 0 Å². The van der Waals surface area contributed by atoms with E-state index in [4.69, 9.17) is 0 Å². The molecule has 0 fully saturated rings. The van der Waals surface area contributed by atoms with Gasteiger partial charge in [0.05, 0.1) is 11.0 Å². The van der Waals surface area contributed by atoms with Crippen molar-refractivity contribution in [3.63, 3.8) is 0 Å². The van der Waals surface area contributed by atoms with Crippen LogP contribution in [0.2, 0.25) is 0 Å². The Morgan fingerprint density at radius 1 is 0.371 bits per heavy atom. The summed E-state index contributed by atoms with van der Waals surface area (Å²) in [5, 5.41) is 5.15. The molecule has 0 aliphatic heterocycles. The van der Waals surface area contributed by atoms with Gasteiger partial charge in [0.15, 0.2) is 0 Å². The number of para-hydroxylation sites is 2. The molecule has 0 aliphatic rings. The van der Waals surface area contributed by atoms with Gasteiger partial charge in [0, 0.05) is 16.5 Å².